The van der Waals surface area contributed by atoms with Gasteiger partial charge < -0.3 is 14.2 Å². The molecule has 1 atom stereocenters. The highest BCUT2D eigenvalue weighted by Crippen LogP contribution is 2.22. The zero-order valence-corrected chi connectivity index (χ0v) is 15.7. The number of nitrogens with zero attached hydrogens (tertiary/aromatic N) is 2. The summed E-state index contributed by atoms with van der Waals surface area (Å²) in [6, 6.07) is 15.6. The van der Waals surface area contributed by atoms with Crippen LogP contribution in [0, 0.1) is 6.92 Å². The highest BCUT2D eigenvalue weighted by molar-refractivity contribution is 6.01. The van der Waals surface area contributed by atoms with Gasteiger partial charge in [0.05, 0.1) is 5.39 Å². The van der Waals surface area contributed by atoms with Gasteiger partial charge in [-0.05, 0) is 43.7 Å². The summed E-state index contributed by atoms with van der Waals surface area (Å²) in [5.74, 6) is -0.665. The van der Waals surface area contributed by atoms with Gasteiger partial charge in [-0.3, -0.25) is 14.4 Å². The first-order chi connectivity index (χ1) is 13.4. The molecule has 142 valence electrons. The lowest BCUT2D eigenvalue weighted by Crippen LogP contribution is -2.57. The quantitative estimate of drug-likeness (QED) is 0.689. The van der Waals surface area contributed by atoms with Gasteiger partial charge in [0.25, 0.3) is 5.91 Å². The van der Waals surface area contributed by atoms with Crippen molar-refractivity contribution in [1.82, 2.24) is 4.90 Å². The Morgan fingerprint density at radius 2 is 1.82 bits per heavy atom. The molecule has 0 N–H and O–H groups in total. The maximum atomic E-state index is 13.0. The fourth-order valence-electron chi connectivity index (χ4n) is 3.49. The summed E-state index contributed by atoms with van der Waals surface area (Å²) in [5.41, 5.74) is 1.84. The van der Waals surface area contributed by atoms with Gasteiger partial charge in [0, 0.05) is 24.3 Å². The van der Waals surface area contributed by atoms with Crippen LogP contribution in [-0.2, 0) is 4.79 Å². The number of hydrogen-bond acceptors (Lipinski definition) is 4. The van der Waals surface area contributed by atoms with Crippen molar-refractivity contribution in [2.45, 2.75) is 19.9 Å². The lowest BCUT2D eigenvalue weighted by atomic mass is 10.1. The molecule has 0 unspecified atom stereocenters. The molecule has 1 aromatic heterocycles. The molecule has 4 rings (SSSR count). The smallest absolute Gasteiger partial charge is 0.290 e. The summed E-state index contributed by atoms with van der Waals surface area (Å²) < 4.78 is 5.72. The maximum absolute atomic E-state index is 13.0. The van der Waals surface area contributed by atoms with Crippen molar-refractivity contribution in [1.29, 1.82) is 0 Å². The molecule has 1 saturated heterocycles. The molecule has 2 aromatic carbocycles. The normalized spacial score (nSPS) is 17.2. The van der Waals surface area contributed by atoms with Gasteiger partial charge in [-0.25, -0.2) is 0 Å². The van der Waals surface area contributed by atoms with Gasteiger partial charge in [-0.1, -0.05) is 24.3 Å². The van der Waals surface area contributed by atoms with Crippen LogP contribution in [0.2, 0.25) is 0 Å². The lowest BCUT2D eigenvalue weighted by molar-refractivity contribution is -0.121. The number of amides is 2. The van der Waals surface area contributed by atoms with Gasteiger partial charge in [0.1, 0.15) is 12.1 Å². The SMILES string of the molecule is Cc1ccc2c(=O)cc(C(=O)N3CC(=O)N(c4ccccc4)C[C@@H]3C)oc2c1. The molecular weight excluding hydrogens is 356 g/mol. The first kappa shape index (κ1) is 18.0. The monoisotopic (exact) mass is 376 g/mol. The minimum Gasteiger partial charge on any atom is -0.451 e. The van der Waals surface area contributed by atoms with E-state index >= 15 is 0 Å². The minimum absolute atomic E-state index is 0.0455. The fourth-order valence-corrected chi connectivity index (χ4v) is 3.49. The topological polar surface area (TPSA) is 70.8 Å². The fraction of sp³-hybridized carbons (Fsp3) is 0.227. The van der Waals surface area contributed by atoms with Crippen molar-refractivity contribution in [3.05, 3.63) is 76.1 Å². The van der Waals surface area contributed by atoms with E-state index in [1.54, 1.807) is 17.0 Å². The predicted molar refractivity (Wildman–Crippen MR) is 107 cm³/mol. The summed E-state index contributed by atoms with van der Waals surface area (Å²) >= 11 is 0. The van der Waals surface area contributed by atoms with Crippen LogP contribution < -0.4 is 10.3 Å². The molecule has 1 aliphatic rings. The van der Waals surface area contributed by atoms with Gasteiger partial charge >= 0.3 is 0 Å². The maximum Gasteiger partial charge on any atom is 0.290 e. The Morgan fingerprint density at radius 1 is 1.07 bits per heavy atom. The lowest BCUT2D eigenvalue weighted by Gasteiger charge is -2.39. The standard InChI is InChI=1S/C22H20N2O4/c1-14-8-9-17-18(25)11-20(28-19(17)10-14)22(27)23-13-21(26)24(12-15(23)2)16-6-4-3-5-7-16/h3-11,15H,12-13H2,1-2H3/t15-/m0/s1. The highest BCUT2D eigenvalue weighted by Gasteiger charge is 2.34. The highest BCUT2D eigenvalue weighted by atomic mass is 16.3. The van der Waals surface area contributed by atoms with Crippen molar-refractivity contribution < 1.29 is 14.0 Å². The van der Waals surface area contributed by atoms with E-state index in [0.29, 0.717) is 17.5 Å². The molecule has 0 spiro atoms. The molecule has 6 nitrogen and oxygen atoms in total. The Balaban J connectivity index is 1.63. The van der Waals surface area contributed by atoms with E-state index < -0.39 is 5.91 Å². The van der Waals surface area contributed by atoms with Crippen LogP contribution in [0.4, 0.5) is 5.69 Å². The third-order valence-corrected chi connectivity index (χ3v) is 5.01. The largest absolute Gasteiger partial charge is 0.451 e. The van der Waals surface area contributed by atoms with Crippen LogP contribution in [0.1, 0.15) is 23.0 Å². The van der Waals surface area contributed by atoms with E-state index in [4.69, 9.17) is 4.42 Å². The first-order valence-corrected chi connectivity index (χ1v) is 9.15. The Hall–Kier alpha value is -3.41. The molecule has 1 fully saturated rings. The van der Waals surface area contributed by atoms with Crippen LogP contribution in [0.5, 0.6) is 0 Å². The molecule has 0 aliphatic carbocycles. The number of para-hydroxylation sites is 1. The summed E-state index contributed by atoms with van der Waals surface area (Å²) in [6.07, 6.45) is 0. The number of rotatable bonds is 2. The minimum atomic E-state index is -0.450. The molecule has 28 heavy (non-hydrogen) atoms. The Labute approximate surface area is 162 Å². The summed E-state index contributed by atoms with van der Waals surface area (Å²) in [7, 11) is 0. The number of piperazine rings is 1. The second-order valence-corrected chi connectivity index (χ2v) is 7.10. The molecule has 3 aromatic rings. The van der Waals surface area contributed by atoms with Crippen LogP contribution >= 0.6 is 0 Å². The van der Waals surface area contributed by atoms with Crippen LogP contribution in [0.25, 0.3) is 11.0 Å². The molecule has 0 bridgehead atoms. The van der Waals surface area contributed by atoms with Crippen LogP contribution in [-0.4, -0.2) is 35.8 Å². The molecule has 2 amide bonds. The van der Waals surface area contributed by atoms with E-state index in [-0.39, 0.29) is 29.7 Å². The third kappa shape index (κ3) is 3.17. The number of carbonyl (C=O) groups is 2. The Morgan fingerprint density at radius 3 is 2.57 bits per heavy atom. The molecule has 0 saturated carbocycles. The van der Waals surface area contributed by atoms with Crippen LogP contribution in [0.15, 0.2) is 63.8 Å². The van der Waals surface area contributed by atoms with E-state index in [1.165, 1.54) is 11.0 Å². The van der Waals surface area contributed by atoms with E-state index in [9.17, 15) is 14.4 Å². The Bertz CT molecular complexity index is 1120. The summed E-state index contributed by atoms with van der Waals surface area (Å²) in [4.78, 5) is 41.2. The number of hydrogen-bond donors (Lipinski definition) is 0. The van der Waals surface area contributed by atoms with E-state index in [0.717, 1.165) is 11.3 Å². The number of benzene rings is 2. The van der Waals surface area contributed by atoms with Gasteiger partial charge in [0.15, 0.2) is 11.2 Å². The predicted octanol–water partition coefficient (Wildman–Crippen LogP) is 2.98. The van der Waals surface area contributed by atoms with Crippen molar-refractivity contribution in [2.75, 3.05) is 18.0 Å². The first-order valence-electron chi connectivity index (χ1n) is 9.15. The average Bonchev–Trinajstić information content (AvgIpc) is 2.69. The Kier molecular flexibility index (Phi) is 4.47. The number of aryl methyl sites for hydroxylation is 1. The summed E-state index contributed by atoms with van der Waals surface area (Å²) in [5, 5.41) is 0.431. The van der Waals surface area contributed by atoms with Gasteiger partial charge in [-0.15, -0.1) is 0 Å². The molecular formula is C22H20N2O4. The molecule has 6 heteroatoms. The average molecular weight is 376 g/mol. The van der Waals surface area contributed by atoms with Gasteiger partial charge in [0.2, 0.25) is 5.91 Å². The van der Waals surface area contributed by atoms with Crippen molar-refractivity contribution in [3.63, 3.8) is 0 Å². The van der Waals surface area contributed by atoms with Crippen molar-refractivity contribution >= 4 is 28.5 Å². The number of anilines is 1. The number of fused-ring (bicyclic) bond motifs is 1. The summed E-state index contributed by atoms with van der Waals surface area (Å²) in [6.45, 7) is 4.08. The zero-order chi connectivity index (χ0) is 19.8. The van der Waals surface area contributed by atoms with Crippen LogP contribution in [0.3, 0.4) is 0 Å². The van der Waals surface area contributed by atoms with Crippen molar-refractivity contribution in [2.24, 2.45) is 0 Å². The second-order valence-electron chi connectivity index (χ2n) is 7.10. The van der Waals surface area contributed by atoms with Gasteiger partial charge in [-0.2, -0.15) is 0 Å². The molecule has 1 aliphatic heterocycles. The zero-order valence-electron chi connectivity index (χ0n) is 15.7. The third-order valence-electron chi connectivity index (χ3n) is 5.01. The molecule has 2 heterocycles. The van der Waals surface area contributed by atoms with E-state index in [2.05, 4.69) is 0 Å². The molecule has 0 radical (unpaired) electrons. The van der Waals surface area contributed by atoms with E-state index in [1.807, 2.05) is 50.2 Å². The van der Waals surface area contributed by atoms with Crippen molar-refractivity contribution in [3.8, 4) is 0 Å². The second kappa shape index (κ2) is 6.96. The number of carbonyl (C=O) groups excluding carboxylic acids is 2.